The molecule has 82 valence electrons. The summed E-state index contributed by atoms with van der Waals surface area (Å²) in [6.07, 6.45) is 0.212. The number of hydrogen-bond donors (Lipinski definition) is 0. The highest BCUT2D eigenvalue weighted by Gasteiger charge is 2.35. The largest absolute Gasteiger partial charge is 0.497 e. The number of likely N-dealkylation sites (N-methyl/N-ethyl adjacent to an activating group) is 1. The molecule has 0 fully saturated rings. The van der Waals surface area contributed by atoms with Gasteiger partial charge in [0.2, 0.25) is 5.91 Å². The summed E-state index contributed by atoms with van der Waals surface area (Å²) in [6.45, 7) is 0. The average molecular weight is 216 g/mol. The van der Waals surface area contributed by atoms with Crippen molar-refractivity contribution < 1.29 is 9.53 Å². The Balaban J connectivity index is 2.49. The Labute approximate surface area is 94.0 Å². The molecule has 1 aromatic carbocycles. The van der Waals surface area contributed by atoms with E-state index in [4.69, 9.17) is 10.00 Å². The molecule has 0 bridgehead atoms. The zero-order valence-corrected chi connectivity index (χ0v) is 9.23. The number of hydrogen-bond acceptors (Lipinski definition) is 3. The fourth-order valence-electron chi connectivity index (χ4n) is 2.02. The second-order valence-corrected chi connectivity index (χ2v) is 3.74. The van der Waals surface area contributed by atoms with E-state index in [1.807, 2.05) is 18.2 Å². The van der Waals surface area contributed by atoms with Crippen LogP contribution >= 0.6 is 0 Å². The van der Waals surface area contributed by atoms with Crippen LogP contribution in [0.5, 0.6) is 5.75 Å². The first-order chi connectivity index (χ1) is 7.69. The normalized spacial score (nSPS) is 18.2. The van der Waals surface area contributed by atoms with Gasteiger partial charge in [-0.05, 0) is 23.8 Å². The van der Waals surface area contributed by atoms with E-state index in [0.717, 1.165) is 11.3 Å². The number of nitriles is 1. The van der Waals surface area contributed by atoms with Crippen molar-refractivity contribution in [2.75, 3.05) is 19.1 Å². The van der Waals surface area contributed by atoms with Gasteiger partial charge in [-0.25, -0.2) is 0 Å². The van der Waals surface area contributed by atoms with E-state index in [-0.39, 0.29) is 18.2 Å². The number of rotatable bonds is 2. The van der Waals surface area contributed by atoms with E-state index >= 15 is 0 Å². The van der Waals surface area contributed by atoms with Gasteiger partial charge >= 0.3 is 0 Å². The molecule has 1 aromatic rings. The third-order valence-corrected chi connectivity index (χ3v) is 2.90. The number of amides is 1. The van der Waals surface area contributed by atoms with E-state index in [1.54, 1.807) is 19.1 Å². The Kier molecular flexibility index (Phi) is 2.53. The zero-order chi connectivity index (χ0) is 11.7. The first kappa shape index (κ1) is 10.5. The van der Waals surface area contributed by atoms with Crippen molar-refractivity contribution in [1.29, 1.82) is 5.26 Å². The van der Waals surface area contributed by atoms with E-state index in [2.05, 4.69) is 6.07 Å². The van der Waals surface area contributed by atoms with Crippen LogP contribution in [0.3, 0.4) is 0 Å². The van der Waals surface area contributed by atoms with Crippen LogP contribution in [0.25, 0.3) is 0 Å². The van der Waals surface area contributed by atoms with Crippen LogP contribution in [0.15, 0.2) is 18.2 Å². The van der Waals surface area contributed by atoms with Crippen molar-refractivity contribution in [3.63, 3.8) is 0 Å². The minimum Gasteiger partial charge on any atom is -0.497 e. The lowest BCUT2D eigenvalue weighted by Gasteiger charge is -2.09. The molecular formula is C12H12N2O2. The van der Waals surface area contributed by atoms with Gasteiger partial charge in [0.25, 0.3) is 0 Å². The van der Waals surface area contributed by atoms with Gasteiger partial charge in [-0.15, -0.1) is 0 Å². The minimum absolute atomic E-state index is 0.0233. The number of methoxy groups -OCH3 is 1. The van der Waals surface area contributed by atoms with Crippen LogP contribution in [0.4, 0.5) is 5.69 Å². The van der Waals surface area contributed by atoms with E-state index in [1.165, 1.54) is 0 Å². The number of carbonyl (C=O) groups excluding carboxylic acids is 1. The second kappa shape index (κ2) is 3.86. The van der Waals surface area contributed by atoms with Crippen LogP contribution in [0, 0.1) is 11.3 Å². The van der Waals surface area contributed by atoms with Crippen LogP contribution in [-0.2, 0) is 4.79 Å². The summed E-state index contributed by atoms with van der Waals surface area (Å²) >= 11 is 0. The highest BCUT2D eigenvalue weighted by atomic mass is 16.5. The summed E-state index contributed by atoms with van der Waals surface area (Å²) in [5, 5.41) is 8.73. The summed E-state index contributed by atoms with van der Waals surface area (Å²) in [5.41, 5.74) is 1.75. The quantitative estimate of drug-likeness (QED) is 0.755. The molecule has 0 aliphatic carbocycles. The predicted molar refractivity (Wildman–Crippen MR) is 59.4 cm³/mol. The third kappa shape index (κ3) is 1.41. The summed E-state index contributed by atoms with van der Waals surface area (Å²) in [7, 11) is 3.31. The first-order valence-corrected chi connectivity index (χ1v) is 5.01. The maximum absolute atomic E-state index is 11.9. The number of fused-ring (bicyclic) bond motifs is 1. The fraction of sp³-hybridized carbons (Fsp3) is 0.333. The van der Waals surface area contributed by atoms with Crippen molar-refractivity contribution in [2.45, 2.75) is 12.3 Å². The molecule has 4 nitrogen and oxygen atoms in total. The molecular weight excluding hydrogens is 204 g/mol. The van der Waals surface area contributed by atoms with Crippen LogP contribution in [-0.4, -0.2) is 20.1 Å². The molecule has 0 unspecified atom stereocenters. The SMILES string of the molecule is COc1ccc2c(c1)[C@H](CC#N)C(=O)N2C. The molecule has 4 heteroatoms. The Hall–Kier alpha value is -2.02. The highest BCUT2D eigenvalue weighted by molar-refractivity contribution is 6.04. The predicted octanol–water partition coefficient (Wildman–Crippen LogP) is 1.67. The first-order valence-electron chi connectivity index (χ1n) is 5.01. The Morgan fingerprint density at radius 1 is 1.56 bits per heavy atom. The maximum atomic E-state index is 11.9. The number of nitrogens with zero attached hydrogens (tertiary/aromatic N) is 2. The van der Waals surface area contributed by atoms with Crippen LogP contribution in [0.1, 0.15) is 17.9 Å². The number of carbonyl (C=O) groups is 1. The fourth-order valence-corrected chi connectivity index (χ4v) is 2.02. The third-order valence-electron chi connectivity index (χ3n) is 2.90. The van der Waals surface area contributed by atoms with E-state index in [0.29, 0.717) is 5.75 Å². The lowest BCUT2D eigenvalue weighted by Crippen LogP contribution is -2.23. The van der Waals surface area contributed by atoms with E-state index in [9.17, 15) is 4.79 Å². The topological polar surface area (TPSA) is 53.3 Å². The number of ether oxygens (including phenoxy) is 1. The number of benzene rings is 1. The van der Waals surface area contributed by atoms with Crippen molar-refractivity contribution in [3.05, 3.63) is 23.8 Å². The van der Waals surface area contributed by atoms with Crippen LogP contribution < -0.4 is 9.64 Å². The molecule has 1 aliphatic rings. The molecule has 0 spiro atoms. The molecule has 1 aliphatic heterocycles. The molecule has 0 saturated carbocycles. The van der Waals surface area contributed by atoms with Crippen molar-refractivity contribution in [1.82, 2.24) is 0 Å². The highest BCUT2D eigenvalue weighted by Crippen LogP contribution is 2.39. The number of anilines is 1. The monoisotopic (exact) mass is 216 g/mol. The molecule has 1 heterocycles. The molecule has 0 aromatic heterocycles. The van der Waals surface area contributed by atoms with E-state index < -0.39 is 0 Å². The Bertz CT molecular complexity index is 476. The molecule has 1 amide bonds. The lowest BCUT2D eigenvalue weighted by atomic mass is 9.98. The van der Waals surface area contributed by atoms with Gasteiger partial charge in [0.05, 0.1) is 25.5 Å². The molecule has 0 N–H and O–H groups in total. The van der Waals surface area contributed by atoms with Crippen LogP contribution in [0.2, 0.25) is 0 Å². The summed E-state index contributed by atoms with van der Waals surface area (Å²) < 4.78 is 5.12. The minimum atomic E-state index is -0.347. The summed E-state index contributed by atoms with van der Waals surface area (Å²) in [4.78, 5) is 13.5. The van der Waals surface area contributed by atoms with Crippen molar-refractivity contribution in [3.8, 4) is 11.8 Å². The van der Waals surface area contributed by atoms with Gasteiger partial charge in [0.1, 0.15) is 5.75 Å². The molecule has 16 heavy (non-hydrogen) atoms. The van der Waals surface area contributed by atoms with Crippen molar-refractivity contribution >= 4 is 11.6 Å². The maximum Gasteiger partial charge on any atom is 0.235 e. The Morgan fingerprint density at radius 3 is 2.94 bits per heavy atom. The van der Waals surface area contributed by atoms with Gasteiger partial charge in [-0.1, -0.05) is 0 Å². The van der Waals surface area contributed by atoms with Gasteiger partial charge in [0, 0.05) is 12.7 Å². The van der Waals surface area contributed by atoms with Gasteiger partial charge < -0.3 is 9.64 Å². The van der Waals surface area contributed by atoms with Gasteiger partial charge in [0.15, 0.2) is 0 Å². The Morgan fingerprint density at radius 2 is 2.31 bits per heavy atom. The summed E-state index contributed by atoms with van der Waals surface area (Å²) in [6, 6.07) is 7.55. The average Bonchev–Trinajstić information content (AvgIpc) is 2.54. The molecule has 0 saturated heterocycles. The lowest BCUT2D eigenvalue weighted by molar-refractivity contribution is -0.118. The molecule has 1 atom stereocenters. The standard InChI is InChI=1S/C12H12N2O2/c1-14-11-4-3-8(16-2)7-10(11)9(5-6-13)12(14)15/h3-4,7,9H,5H2,1-2H3/t9-/m0/s1. The van der Waals surface area contributed by atoms with Crippen molar-refractivity contribution in [2.24, 2.45) is 0 Å². The van der Waals surface area contributed by atoms with Gasteiger partial charge in [-0.2, -0.15) is 5.26 Å². The second-order valence-electron chi connectivity index (χ2n) is 3.74. The van der Waals surface area contributed by atoms with Gasteiger partial charge in [-0.3, -0.25) is 4.79 Å². The zero-order valence-electron chi connectivity index (χ0n) is 9.23. The smallest absolute Gasteiger partial charge is 0.235 e. The summed E-state index contributed by atoms with van der Waals surface area (Å²) in [5.74, 6) is 0.342. The molecule has 0 radical (unpaired) electrons. The molecule has 2 rings (SSSR count).